The maximum absolute atomic E-state index is 15.5. The van der Waals surface area contributed by atoms with E-state index in [0.717, 1.165) is 32.0 Å². The maximum atomic E-state index is 15.5. The molecule has 3 aromatic rings. The number of esters is 3. The zero-order valence-corrected chi connectivity index (χ0v) is 18.5. The average Bonchev–Trinajstić information content (AvgIpc) is 3.10. The first-order valence-corrected chi connectivity index (χ1v) is 10.4. The van der Waals surface area contributed by atoms with Crippen LogP contribution in [0.5, 0.6) is 23.0 Å². The summed E-state index contributed by atoms with van der Waals surface area (Å²) < 4.78 is 52.1. The molecule has 0 aromatic heterocycles. The number of carbonyl (C=O) groups is 4. The van der Waals surface area contributed by atoms with Gasteiger partial charge < -0.3 is 24.1 Å². The molecule has 0 radical (unpaired) electrons. The molecule has 5 rings (SSSR count). The molecule has 0 bridgehead atoms. The Hall–Kier alpha value is -4.80. The molecule has 0 atom stereocenters. The molecule has 2 aliphatic heterocycles. The molecule has 182 valence electrons. The van der Waals surface area contributed by atoms with E-state index in [1.807, 2.05) is 0 Å². The molecule has 0 saturated carbocycles. The van der Waals surface area contributed by atoms with E-state index in [1.165, 1.54) is 24.3 Å². The van der Waals surface area contributed by atoms with Crippen LogP contribution >= 0.6 is 0 Å². The van der Waals surface area contributed by atoms with Crippen LogP contribution in [-0.2, 0) is 19.9 Å². The van der Waals surface area contributed by atoms with Crippen LogP contribution in [-0.4, -0.2) is 29.0 Å². The molecule has 2 aliphatic rings. The Balaban J connectivity index is 1.87. The van der Waals surface area contributed by atoms with Crippen LogP contribution < -0.4 is 14.2 Å². The third kappa shape index (κ3) is 3.20. The molecular weight excluding hydrogens is 482 g/mol. The molecule has 0 amide bonds. The van der Waals surface area contributed by atoms with E-state index < -0.39 is 64.1 Å². The Morgan fingerprint density at radius 1 is 0.833 bits per heavy atom. The zero-order chi connectivity index (χ0) is 25.9. The van der Waals surface area contributed by atoms with Crippen LogP contribution in [0, 0.1) is 11.6 Å². The van der Waals surface area contributed by atoms with Gasteiger partial charge in [0.2, 0.25) is 11.6 Å². The first kappa shape index (κ1) is 23.0. The summed E-state index contributed by atoms with van der Waals surface area (Å²) in [7, 11) is 0. The van der Waals surface area contributed by atoms with Crippen LogP contribution in [0.1, 0.15) is 51.3 Å². The summed E-state index contributed by atoms with van der Waals surface area (Å²) in [6.45, 7) is 2.09. The number of carboxylic acids is 1. The second-order valence-corrected chi connectivity index (χ2v) is 7.93. The average molecular weight is 496 g/mol. The van der Waals surface area contributed by atoms with Gasteiger partial charge in [-0.25, -0.2) is 9.59 Å². The third-order valence-electron chi connectivity index (χ3n) is 5.70. The lowest BCUT2D eigenvalue weighted by Gasteiger charge is -2.37. The summed E-state index contributed by atoms with van der Waals surface area (Å²) in [5.41, 5.74) is -2.51. The molecule has 0 fully saturated rings. The Kier molecular flexibility index (Phi) is 5.02. The summed E-state index contributed by atoms with van der Waals surface area (Å²) in [5, 5.41) is 9.52. The highest BCUT2D eigenvalue weighted by atomic mass is 19.1. The lowest BCUT2D eigenvalue weighted by atomic mass is 9.77. The number of hydrogen-bond acceptors (Lipinski definition) is 8. The van der Waals surface area contributed by atoms with Crippen LogP contribution in [0.25, 0.3) is 0 Å². The van der Waals surface area contributed by atoms with Crippen molar-refractivity contribution in [1.29, 1.82) is 0 Å². The topological polar surface area (TPSA) is 125 Å². The number of fused-ring (bicyclic) bond motifs is 6. The number of aromatic carboxylic acids is 1. The van der Waals surface area contributed by atoms with Gasteiger partial charge in [0.25, 0.3) is 0 Å². The molecule has 0 unspecified atom stereocenters. The summed E-state index contributed by atoms with van der Waals surface area (Å²) in [5.74, 6) is -8.64. The third-order valence-corrected chi connectivity index (χ3v) is 5.70. The lowest BCUT2D eigenvalue weighted by molar-refractivity contribution is -0.133. The fourth-order valence-electron chi connectivity index (χ4n) is 4.34. The lowest BCUT2D eigenvalue weighted by Crippen LogP contribution is -2.34. The molecule has 1 N–H and O–H groups in total. The highest BCUT2D eigenvalue weighted by Crippen LogP contribution is 2.58. The number of ether oxygens (including phenoxy) is 4. The van der Waals surface area contributed by atoms with Crippen molar-refractivity contribution in [2.75, 3.05) is 0 Å². The molecule has 0 aliphatic carbocycles. The van der Waals surface area contributed by atoms with Crippen molar-refractivity contribution in [3.05, 3.63) is 81.9 Å². The molecule has 11 heteroatoms. The van der Waals surface area contributed by atoms with Crippen LogP contribution in [0.3, 0.4) is 0 Å². The van der Waals surface area contributed by atoms with E-state index >= 15 is 8.78 Å². The van der Waals surface area contributed by atoms with E-state index in [9.17, 15) is 24.3 Å². The van der Waals surface area contributed by atoms with Crippen molar-refractivity contribution in [3.8, 4) is 23.0 Å². The number of hydrogen-bond donors (Lipinski definition) is 1. The minimum Gasteiger partial charge on any atom is -0.478 e. The summed E-state index contributed by atoms with van der Waals surface area (Å²) in [4.78, 5) is 47.4. The van der Waals surface area contributed by atoms with Crippen molar-refractivity contribution in [3.63, 3.8) is 0 Å². The highest BCUT2D eigenvalue weighted by molar-refractivity contribution is 5.99. The molecule has 2 heterocycles. The minimum absolute atomic E-state index is 0.00234. The quantitative estimate of drug-likeness (QED) is 0.422. The maximum Gasteiger partial charge on any atom is 0.340 e. The monoisotopic (exact) mass is 496 g/mol. The van der Waals surface area contributed by atoms with Crippen molar-refractivity contribution in [1.82, 2.24) is 0 Å². The largest absolute Gasteiger partial charge is 0.478 e. The normalized spacial score (nSPS) is 14.2. The van der Waals surface area contributed by atoms with Gasteiger partial charge in [-0.15, -0.1) is 0 Å². The number of carboxylic acid groups (broad SMARTS) is 1. The molecular formula is C25H14F2O9. The minimum atomic E-state index is -2.04. The van der Waals surface area contributed by atoms with E-state index in [-0.39, 0.29) is 27.8 Å². The van der Waals surface area contributed by atoms with Crippen molar-refractivity contribution < 1.29 is 52.0 Å². The van der Waals surface area contributed by atoms with E-state index in [4.69, 9.17) is 18.9 Å². The van der Waals surface area contributed by atoms with Crippen LogP contribution in [0.4, 0.5) is 8.78 Å². The fourth-order valence-corrected chi connectivity index (χ4v) is 4.34. The van der Waals surface area contributed by atoms with Crippen LogP contribution in [0.15, 0.2) is 42.5 Å². The van der Waals surface area contributed by atoms with Gasteiger partial charge in [0, 0.05) is 19.4 Å². The zero-order valence-electron chi connectivity index (χ0n) is 18.5. The number of benzene rings is 3. The smallest absolute Gasteiger partial charge is 0.340 e. The van der Waals surface area contributed by atoms with Crippen molar-refractivity contribution >= 4 is 23.9 Å². The van der Waals surface area contributed by atoms with E-state index in [1.54, 1.807) is 0 Å². The Morgan fingerprint density at radius 2 is 1.36 bits per heavy atom. The van der Waals surface area contributed by atoms with Gasteiger partial charge in [-0.2, -0.15) is 8.78 Å². The van der Waals surface area contributed by atoms with Gasteiger partial charge in [-0.05, 0) is 42.5 Å². The van der Waals surface area contributed by atoms with Gasteiger partial charge in [0.1, 0.15) is 0 Å². The summed E-state index contributed by atoms with van der Waals surface area (Å²) >= 11 is 0. The van der Waals surface area contributed by atoms with Gasteiger partial charge in [0.15, 0.2) is 28.6 Å². The van der Waals surface area contributed by atoms with Gasteiger partial charge >= 0.3 is 23.9 Å². The first-order chi connectivity index (χ1) is 17.0. The van der Waals surface area contributed by atoms with Crippen molar-refractivity contribution in [2.45, 2.75) is 19.4 Å². The molecule has 9 nitrogen and oxygen atoms in total. The first-order valence-electron chi connectivity index (χ1n) is 10.4. The SMILES string of the molecule is CC(=O)Oc1ccc2c(c1F)Oc1c(ccc(OC(C)=O)c1F)C21OC(=O)c2ccc(C(=O)O)cc21. The second kappa shape index (κ2) is 7.87. The Labute approximate surface area is 200 Å². The van der Waals surface area contributed by atoms with Crippen LogP contribution in [0.2, 0.25) is 0 Å². The van der Waals surface area contributed by atoms with Gasteiger partial charge in [-0.3, -0.25) is 9.59 Å². The molecule has 1 spiro atoms. The Bertz CT molecular complexity index is 1450. The second-order valence-electron chi connectivity index (χ2n) is 7.93. The van der Waals surface area contributed by atoms with Gasteiger partial charge in [0.05, 0.1) is 22.3 Å². The standard InChI is InChI=1S/C25H14F2O9/c1-10(28)33-17-7-5-14-21(19(17)26)35-22-15(6-8-18(20(22)27)34-11(2)29)25(14)16-9-12(23(30)31)3-4-13(16)24(32)36-25/h3-9H,1-2H3,(H,30,31). The molecule has 36 heavy (non-hydrogen) atoms. The number of carbonyl (C=O) groups excluding carboxylic acids is 3. The fraction of sp³-hybridized carbons (Fsp3) is 0.120. The number of rotatable bonds is 3. The Morgan fingerprint density at radius 3 is 1.83 bits per heavy atom. The van der Waals surface area contributed by atoms with Gasteiger partial charge in [-0.1, -0.05) is 0 Å². The molecule has 3 aromatic carbocycles. The molecule has 0 saturated heterocycles. The number of halogens is 2. The highest BCUT2D eigenvalue weighted by Gasteiger charge is 2.55. The summed E-state index contributed by atoms with van der Waals surface area (Å²) in [6.07, 6.45) is 0. The van der Waals surface area contributed by atoms with Crippen molar-refractivity contribution in [2.24, 2.45) is 0 Å². The predicted molar refractivity (Wildman–Crippen MR) is 114 cm³/mol. The predicted octanol–water partition coefficient (Wildman–Crippen LogP) is 4.08. The van der Waals surface area contributed by atoms with E-state index in [0.29, 0.717) is 0 Å². The van der Waals surface area contributed by atoms with E-state index in [2.05, 4.69) is 0 Å². The summed E-state index contributed by atoms with van der Waals surface area (Å²) in [6, 6.07) is 8.30.